The van der Waals surface area contributed by atoms with Gasteiger partial charge in [-0.15, -0.1) is 0 Å². The minimum absolute atomic E-state index is 0.0809. The number of hydrogen-bond acceptors (Lipinski definition) is 9. The molecule has 0 unspecified atom stereocenters. The van der Waals surface area contributed by atoms with E-state index >= 15 is 0 Å². The molecule has 2 heterocycles. The maximum Gasteiger partial charge on any atom is 0.472 e. The predicted octanol–water partition coefficient (Wildman–Crippen LogP) is 7.59. The van der Waals surface area contributed by atoms with Gasteiger partial charge in [0.05, 0.1) is 17.1 Å². The van der Waals surface area contributed by atoms with Crippen LogP contribution < -0.4 is 10.1 Å². The Morgan fingerprint density at radius 3 is 2.67 bits per heavy atom. The number of ether oxygens (including phenoxy) is 2. The van der Waals surface area contributed by atoms with Crippen molar-refractivity contribution in [2.75, 3.05) is 18.7 Å². The van der Waals surface area contributed by atoms with Gasteiger partial charge < -0.3 is 33.9 Å². The highest BCUT2D eigenvalue weighted by atomic mass is 35.5. The number of nitrogens with zero attached hydrogens (tertiary/aromatic N) is 3. The molecule has 0 atom stereocenters. The maximum absolute atomic E-state index is 12.5. The number of aromatic nitrogens is 2. The van der Waals surface area contributed by atoms with Gasteiger partial charge in [0, 0.05) is 23.2 Å². The third-order valence-corrected chi connectivity index (χ3v) is 7.49. The van der Waals surface area contributed by atoms with Crippen molar-refractivity contribution in [1.82, 2.24) is 14.9 Å². The molecule has 0 aliphatic rings. The van der Waals surface area contributed by atoms with Crippen LogP contribution in [0.1, 0.15) is 30.2 Å². The number of phosphoric acid groups is 1. The number of phosphoric ester groups is 1. The zero-order valence-electron chi connectivity index (χ0n) is 25.1. The average molecular weight is 667 g/mol. The summed E-state index contributed by atoms with van der Waals surface area (Å²) in [7, 11) is -4.76. The Balaban J connectivity index is 1.29. The first-order chi connectivity index (χ1) is 22.1. The molecule has 0 saturated carbocycles. The number of benzene rings is 3. The lowest BCUT2D eigenvalue weighted by Crippen LogP contribution is -2.32. The van der Waals surface area contributed by atoms with Crippen molar-refractivity contribution in [1.29, 1.82) is 0 Å². The fourth-order valence-electron chi connectivity index (χ4n) is 4.65. The van der Waals surface area contributed by atoms with Gasteiger partial charge in [0.2, 0.25) is 6.79 Å². The number of carbonyl (C=O) groups excluding carboxylic acids is 1. The Labute approximate surface area is 270 Å². The van der Waals surface area contributed by atoms with E-state index in [0.717, 1.165) is 22.1 Å². The summed E-state index contributed by atoms with van der Waals surface area (Å²) in [6.45, 7) is 3.85. The zero-order valence-corrected chi connectivity index (χ0v) is 26.7. The van der Waals surface area contributed by atoms with Gasteiger partial charge in [-0.05, 0) is 67.4 Å². The van der Waals surface area contributed by atoms with E-state index in [1.807, 2.05) is 62.4 Å². The highest BCUT2D eigenvalue weighted by molar-refractivity contribution is 7.46. The topological polar surface area (TPSA) is 156 Å². The number of carbonyl (C=O) groups is 1. The number of rotatable bonds is 13. The van der Waals surface area contributed by atoms with Crippen LogP contribution in [0, 0.1) is 6.92 Å². The van der Waals surface area contributed by atoms with Crippen LogP contribution in [0.4, 0.5) is 16.3 Å². The van der Waals surface area contributed by atoms with E-state index < -0.39 is 20.7 Å². The fourth-order valence-corrected chi connectivity index (χ4v) is 5.08. The van der Waals surface area contributed by atoms with Gasteiger partial charge in [0.1, 0.15) is 36.0 Å². The van der Waals surface area contributed by atoms with Gasteiger partial charge in [0.25, 0.3) is 0 Å². The van der Waals surface area contributed by atoms with Gasteiger partial charge in [0.15, 0.2) is 0 Å². The Morgan fingerprint density at radius 1 is 1.07 bits per heavy atom. The van der Waals surface area contributed by atoms with E-state index in [4.69, 9.17) is 35.3 Å². The monoisotopic (exact) mass is 666 g/mol. The summed E-state index contributed by atoms with van der Waals surface area (Å²) in [4.78, 5) is 40.3. The van der Waals surface area contributed by atoms with Crippen molar-refractivity contribution in [3.63, 3.8) is 0 Å². The summed E-state index contributed by atoms with van der Waals surface area (Å²) in [5, 5.41) is 4.52. The zero-order chi connectivity index (χ0) is 32.7. The van der Waals surface area contributed by atoms with Crippen molar-refractivity contribution in [3.8, 4) is 17.1 Å². The quantitative estimate of drug-likeness (QED) is 0.0840. The molecular weight excluding hydrogens is 635 g/mol. The van der Waals surface area contributed by atoms with Crippen molar-refractivity contribution in [2.24, 2.45) is 0 Å². The molecule has 0 aliphatic carbocycles. The second kappa shape index (κ2) is 14.8. The average Bonchev–Trinajstić information content (AvgIpc) is 3.48. The molecule has 240 valence electrons. The van der Waals surface area contributed by atoms with Gasteiger partial charge in [-0.3, -0.25) is 0 Å². The SMILES string of the molecule is CCCN(Cc1ccc(-c2ccc3ncnc(Nc4ccc(OCc5cccc(C)c5)c(Cl)c4)c3c2)o1)C(=O)OCOP(=O)(O)O. The smallest absolute Gasteiger partial charge is 0.472 e. The number of nitrogens with one attached hydrogen (secondary N) is 1. The summed E-state index contributed by atoms with van der Waals surface area (Å²) in [6.07, 6.45) is 1.30. The van der Waals surface area contributed by atoms with E-state index in [2.05, 4.69) is 25.9 Å². The number of hydrogen-bond donors (Lipinski definition) is 3. The summed E-state index contributed by atoms with van der Waals surface area (Å²) in [5.41, 5.74) is 4.40. The molecule has 3 aromatic carbocycles. The van der Waals surface area contributed by atoms with Crippen molar-refractivity contribution >= 4 is 47.9 Å². The summed E-state index contributed by atoms with van der Waals surface area (Å²) in [5.74, 6) is 2.17. The molecule has 2 aromatic heterocycles. The standard InChI is InChI=1S/C32H32ClN4O8P/c1-3-13-37(32(38)43-20-44-46(39,40)41)17-25-9-12-29(45-25)23-7-10-28-26(15-23)31(35-19-34-28)36-24-8-11-30(27(33)16-24)42-18-22-6-4-5-21(2)14-22/h4-12,14-16,19H,3,13,17-18,20H2,1-2H3,(H,34,35,36)(H2,39,40,41). The fraction of sp³-hybridized carbons (Fsp3) is 0.219. The van der Waals surface area contributed by atoms with Gasteiger partial charge in [-0.1, -0.05) is 48.4 Å². The number of anilines is 2. The third kappa shape index (κ3) is 8.84. The molecule has 0 bridgehead atoms. The van der Waals surface area contributed by atoms with Crippen LogP contribution in [0.15, 0.2) is 83.5 Å². The van der Waals surface area contributed by atoms with Crippen molar-refractivity contribution in [3.05, 3.63) is 101 Å². The molecule has 5 aromatic rings. The number of fused-ring (bicyclic) bond motifs is 1. The highest BCUT2D eigenvalue weighted by Gasteiger charge is 2.20. The van der Waals surface area contributed by atoms with E-state index in [-0.39, 0.29) is 6.54 Å². The first-order valence-electron chi connectivity index (χ1n) is 14.3. The van der Waals surface area contributed by atoms with Crippen LogP contribution in [0.25, 0.3) is 22.2 Å². The second-order valence-corrected chi connectivity index (χ2v) is 12.0. The van der Waals surface area contributed by atoms with Crippen molar-refractivity contribution in [2.45, 2.75) is 33.4 Å². The molecule has 3 N–H and O–H groups in total. The van der Waals surface area contributed by atoms with Crippen LogP contribution in [-0.2, 0) is 27.0 Å². The second-order valence-electron chi connectivity index (χ2n) is 10.3. The number of amides is 1. The predicted molar refractivity (Wildman–Crippen MR) is 173 cm³/mol. The lowest BCUT2D eigenvalue weighted by atomic mass is 10.1. The van der Waals surface area contributed by atoms with E-state index in [1.165, 1.54) is 11.2 Å². The lowest BCUT2D eigenvalue weighted by molar-refractivity contribution is 0.0181. The lowest BCUT2D eigenvalue weighted by Gasteiger charge is -2.20. The number of furan rings is 1. The molecule has 14 heteroatoms. The molecule has 0 fully saturated rings. The minimum Gasteiger partial charge on any atom is -0.487 e. The van der Waals surface area contributed by atoms with Crippen molar-refractivity contribution < 1.29 is 37.6 Å². The van der Waals surface area contributed by atoms with E-state index in [0.29, 0.717) is 58.9 Å². The first kappa shape index (κ1) is 32.9. The molecule has 0 aliphatic heterocycles. The summed E-state index contributed by atoms with van der Waals surface area (Å²) >= 11 is 6.56. The van der Waals surface area contributed by atoms with Crippen LogP contribution in [0.3, 0.4) is 0 Å². The maximum atomic E-state index is 12.5. The Morgan fingerprint density at radius 2 is 1.91 bits per heavy atom. The van der Waals surface area contributed by atoms with Gasteiger partial charge >= 0.3 is 13.9 Å². The molecule has 12 nitrogen and oxygen atoms in total. The van der Waals surface area contributed by atoms with Crippen LogP contribution in [-0.4, -0.2) is 44.1 Å². The summed E-state index contributed by atoms with van der Waals surface area (Å²) < 4.78 is 31.9. The van der Waals surface area contributed by atoms with E-state index in [1.54, 1.807) is 18.2 Å². The Bertz CT molecular complexity index is 1880. The molecule has 0 spiro atoms. The molecule has 0 saturated heterocycles. The van der Waals surface area contributed by atoms with Gasteiger partial charge in [-0.2, -0.15) is 0 Å². The number of halogens is 1. The van der Waals surface area contributed by atoms with E-state index in [9.17, 15) is 9.36 Å². The molecule has 5 rings (SSSR count). The Hall–Kier alpha value is -4.45. The molecular formula is C32H32ClN4O8P. The van der Waals surface area contributed by atoms with Crippen LogP contribution >= 0.6 is 19.4 Å². The summed E-state index contributed by atoms with van der Waals surface area (Å²) in [6, 6.07) is 22.7. The molecule has 1 amide bonds. The minimum atomic E-state index is -4.76. The normalized spacial score (nSPS) is 11.4. The number of aryl methyl sites for hydroxylation is 1. The van der Waals surface area contributed by atoms with Crippen LogP contribution in [0.2, 0.25) is 5.02 Å². The van der Waals surface area contributed by atoms with Crippen LogP contribution in [0.5, 0.6) is 5.75 Å². The molecule has 46 heavy (non-hydrogen) atoms. The third-order valence-electron chi connectivity index (χ3n) is 6.75. The van der Waals surface area contributed by atoms with Gasteiger partial charge in [-0.25, -0.2) is 23.9 Å². The Kier molecular flexibility index (Phi) is 10.6. The highest BCUT2D eigenvalue weighted by Crippen LogP contribution is 2.36. The first-order valence-corrected chi connectivity index (χ1v) is 16.2. The largest absolute Gasteiger partial charge is 0.487 e. The molecule has 0 radical (unpaired) electrons.